The van der Waals surface area contributed by atoms with Gasteiger partial charge >= 0.3 is 0 Å². The van der Waals surface area contributed by atoms with Crippen molar-refractivity contribution in [3.8, 4) is 27.9 Å². The van der Waals surface area contributed by atoms with Crippen molar-refractivity contribution in [1.29, 1.82) is 0 Å². The average molecular weight is 759 g/mol. The smallest absolute Gasteiger partial charge is 0.145 e. The first-order valence-corrected chi connectivity index (χ1v) is 20.5. The summed E-state index contributed by atoms with van der Waals surface area (Å²) in [6.45, 7) is 0. The van der Waals surface area contributed by atoms with Crippen molar-refractivity contribution < 1.29 is 4.42 Å². The Morgan fingerprint density at radius 2 is 0.948 bits per heavy atom. The third-order valence-corrected chi connectivity index (χ3v) is 12.9. The minimum atomic E-state index is 0.869. The number of hydrogen-bond donors (Lipinski definition) is 0. The van der Waals surface area contributed by atoms with E-state index in [1.807, 2.05) is 11.3 Å². The van der Waals surface area contributed by atoms with Gasteiger partial charge in [0.2, 0.25) is 0 Å². The quantitative estimate of drug-likeness (QED) is 0.168. The molecule has 0 bridgehead atoms. The minimum absolute atomic E-state index is 0.869. The van der Waals surface area contributed by atoms with Crippen molar-refractivity contribution in [2.75, 3.05) is 4.90 Å². The lowest BCUT2D eigenvalue weighted by molar-refractivity contribution is 0.670. The van der Waals surface area contributed by atoms with Gasteiger partial charge in [0.05, 0.1) is 38.2 Å². The molecule has 0 spiro atoms. The fourth-order valence-electron chi connectivity index (χ4n) is 9.10. The highest BCUT2D eigenvalue weighted by molar-refractivity contribution is 7.27. The maximum absolute atomic E-state index is 6.89. The average Bonchev–Trinajstić information content (AvgIpc) is 3.98. The number of hydrogen-bond acceptors (Lipinski definition) is 3. The highest BCUT2D eigenvalue weighted by Gasteiger charge is 2.27. The van der Waals surface area contributed by atoms with E-state index in [0.717, 1.165) is 61.3 Å². The molecule has 0 fully saturated rings. The van der Waals surface area contributed by atoms with E-state index >= 15 is 0 Å². The number of fused-ring (bicyclic) bond motifs is 9. The standard InChI is InChI=1S/C54H34N2OS/c1-4-17-35(18-5-1)38-33-34-47(51-43-24-11-13-32-49(43)57-52(38)51)56(46-30-16-29-45-50(46)42-23-10-12-28-44(42)55(45)37-21-8-3-9-22-37)48-31-15-27-41-40-26-14-25-39(53(40)58-54(41)48)36-19-6-2-7-20-36/h1-34H. The first-order chi connectivity index (χ1) is 28.8. The summed E-state index contributed by atoms with van der Waals surface area (Å²) < 4.78 is 11.8. The van der Waals surface area contributed by atoms with E-state index in [1.165, 1.54) is 47.6 Å². The Labute approximate surface area is 338 Å². The molecule has 0 aliphatic heterocycles. The van der Waals surface area contributed by atoms with Crippen LogP contribution in [0.15, 0.2) is 211 Å². The number of furan rings is 1. The highest BCUT2D eigenvalue weighted by Crippen LogP contribution is 2.52. The molecule has 12 aromatic rings. The molecule has 0 radical (unpaired) electrons. The lowest BCUT2D eigenvalue weighted by atomic mass is 9.99. The Morgan fingerprint density at radius 1 is 0.379 bits per heavy atom. The topological polar surface area (TPSA) is 21.3 Å². The van der Waals surface area contributed by atoms with Crippen LogP contribution in [0, 0.1) is 0 Å². The van der Waals surface area contributed by atoms with Gasteiger partial charge in [0.1, 0.15) is 11.2 Å². The molecule has 0 N–H and O–H groups in total. The zero-order chi connectivity index (χ0) is 38.2. The molecule has 9 aromatic carbocycles. The molecule has 0 aliphatic carbocycles. The van der Waals surface area contributed by atoms with E-state index < -0.39 is 0 Å². The monoisotopic (exact) mass is 758 g/mol. The number of para-hydroxylation sites is 3. The van der Waals surface area contributed by atoms with Crippen LogP contribution in [0.4, 0.5) is 17.1 Å². The molecule has 3 nitrogen and oxygen atoms in total. The van der Waals surface area contributed by atoms with E-state index in [-0.39, 0.29) is 0 Å². The normalized spacial score (nSPS) is 11.8. The van der Waals surface area contributed by atoms with Crippen molar-refractivity contribution in [2.24, 2.45) is 0 Å². The lowest BCUT2D eigenvalue weighted by Gasteiger charge is -2.28. The van der Waals surface area contributed by atoms with E-state index in [4.69, 9.17) is 4.42 Å². The van der Waals surface area contributed by atoms with E-state index in [9.17, 15) is 0 Å². The van der Waals surface area contributed by atoms with Crippen LogP contribution in [-0.2, 0) is 0 Å². The van der Waals surface area contributed by atoms with Gasteiger partial charge in [-0.2, -0.15) is 0 Å². The molecule has 3 heterocycles. The van der Waals surface area contributed by atoms with Crippen molar-refractivity contribution >= 4 is 92.3 Å². The molecular weight excluding hydrogens is 725 g/mol. The van der Waals surface area contributed by atoms with Crippen LogP contribution in [-0.4, -0.2) is 4.57 Å². The highest BCUT2D eigenvalue weighted by atomic mass is 32.1. The Morgan fingerprint density at radius 3 is 1.74 bits per heavy atom. The first-order valence-electron chi connectivity index (χ1n) is 19.7. The molecule has 0 atom stereocenters. The summed E-state index contributed by atoms with van der Waals surface area (Å²) >= 11 is 1.88. The zero-order valence-electron chi connectivity index (χ0n) is 31.3. The molecule has 0 aliphatic rings. The SMILES string of the molecule is c1ccc(-c2ccc(N(c3cccc4c3sc3c(-c5ccccc5)cccc34)c3cccc4c3c3ccccc3n4-c3ccccc3)c3c2oc2ccccc23)cc1. The number of aromatic nitrogens is 1. The van der Waals surface area contributed by atoms with Gasteiger partial charge in [0.25, 0.3) is 0 Å². The second-order valence-electron chi connectivity index (χ2n) is 14.8. The molecule has 0 saturated carbocycles. The predicted octanol–water partition coefficient (Wildman–Crippen LogP) is 15.9. The van der Waals surface area contributed by atoms with Crippen LogP contribution in [0.5, 0.6) is 0 Å². The van der Waals surface area contributed by atoms with Crippen molar-refractivity contribution in [1.82, 2.24) is 4.57 Å². The van der Waals surface area contributed by atoms with Gasteiger partial charge in [-0.05, 0) is 71.3 Å². The van der Waals surface area contributed by atoms with Crippen LogP contribution in [0.25, 0.3) is 91.9 Å². The van der Waals surface area contributed by atoms with E-state index in [1.54, 1.807) is 0 Å². The summed E-state index contributed by atoms with van der Waals surface area (Å²) in [6.07, 6.45) is 0. The van der Waals surface area contributed by atoms with Gasteiger partial charge in [-0.1, -0.05) is 152 Å². The van der Waals surface area contributed by atoms with E-state index in [0.29, 0.717) is 0 Å². The molecular formula is C54H34N2OS. The molecule has 58 heavy (non-hydrogen) atoms. The summed E-state index contributed by atoms with van der Waals surface area (Å²) in [5.41, 5.74) is 13.2. The van der Waals surface area contributed by atoms with Gasteiger partial charge in [0.15, 0.2) is 0 Å². The Balaban J connectivity index is 1.23. The summed E-state index contributed by atoms with van der Waals surface area (Å²) in [6, 6.07) is 74.2. The first kappa shape index (κ1) is 32.8. The summed E-state index contributed by atoms with van der Waals surface area (Å²) in [4.78, 5) is 2.52. The van der Waals surface area contributed by atoms with Gasteiger partial charge in [-0.3, -0.25) is 0 Å². The van der Waals surface area contributed by atoms with Crippen LogP contribution in [0.1, 0.15) is 0 Å². The molecule has 3 aromatic heterocycles. The minimum Gasteiger partial charge on any atom is -0.455 e. The Hall–Kier alpha value is -7.40. The van der Waals surface area contributed by atoms with Crippen LogP contribution in [0.3, 0.4) is 0 Å². The van der Waals surface area contributed by atoms with Gasteiger partial charge in [0, 0.05) is 42.9 Å². The van der Waals surface area contributed by atoms with Crippen molar-refractivity contribution in [3.05, 3.63) is 206 Å². The van der Waals surface area contributed by atoms with Crippen LogP contribution in [0.2, 0.25) is 0 Å². The number of nitrogens with zero attached hydrogens (tertiary/aromatic N) is 2. The molecule has 272 valence electrons. The lowest BCUT2D eigenvalue weighted by Crippen LogP contribution is -2.11. The fraction of sp³-hybridized carbons (Fsp3) is 0. The van der Waals surface area contributed by atoms with Crippen molar-refractivity contribution in [2.45, 2.75) is 0 Å². The van der Waals surface area contributed by atoms with Gasteiger partial charge < -0.3 is 13.9 Å². The third-order valence-electron chi connectivity index (χ3n) is 11.6. The predicted molar refractivity (Wildman–Crippen MR) is 247 cm³/mol. The molecule has 12 rings (SSSR count). The Bertz CT molecular complexity index is 3500. The van der Waals surface area contributed by atoms with E-state index in [2.05, 4.69) is 216 Å². The largest absolute Gasteiger partial charge is 0.455 e. The van der Waals surface area contributed by atoms with Gasteiger partial charge in [-0.25, -0.2) is 0 Å². The fourth-order valence-corrected chi connectivity index (χ4v) is 10.4. The summed E-state index contributed by atoms with van der Waals surface area (Å²) in [5, 5.41) is 7.07. The summed E-state index contributed by atoms with van der Waals surface area (Å²) in [5.74, 6) is 0. The van der Waals surface area contributed by atoms with Crippen LogP contribution < -0.4 is 4.90 Å². The summed E-state index contributed by atoms with van der Waals surface area (Å²) in [7, 11) is 0. The maximum Gasteiger partial charge on any atom is 0.145 e. The second-order valence-corrected chi connectivity index (χ2v) is 15.8. The number of anilines is 3. The zero-order valence-corrected chi connectivity index (χ0v) is 32.2. The third kappa shape index (κ3) is 4.92. The van der Waals surface area contributed by atoms with Crippen LogP contribution >= 0.6 is 11.3 Å². The number of benzene rings is 9. The number of rotatable bonds is 6. The van der Waals surface area contributed by atoms with Gasteiger partial charge in [-0.15, -0.1) is 11.3 Å². The molecule has 0 unspecified atom stereocenters. The number of thiophene rings is 1. The van der Waals surface area contributed by atoms with Crippen molar-refractivity contribution in [3.63, 3.8) is 0 Å². The maximum atomic E-state index is 6.89. The molecule has 0 amide bonds. The molecule has 0 saturated heterocycles. The second kappa shape index (κ2) is 13.1. The Kier molecular flexibility index (Phi) is 7.40. The molecule has 4 heteroatoms.